The van der Waals surface area contributed by atoms with Gasteiger partial charge in [-0.1, -0.05) is 17.7 Å². The van der Waals surface area contributed by atoms with Crippen LogP contribution in [-0.4, -0.2) is 57.1 Å². The number of hydrogen-bond acceptors (Lipinski definition) is 2. The van der Waals surface area contributed by atoms with Crippen LogP contribution in [0.5, 0.6) is 5.75 Å². The lowest BCUT2D eigenvalue weighted by molar-refractivity contribution is -1.01. The Kier molecular flexibility index (Phi) is 6.03. The minimum absolute atomic E-state index is 0.385. The van der Waals surface area contributed by atoms with E-state index in [4.69, 9.17) is 4.74 Å². The average molecular weight is 294 g/mol. The van der Waals surface area contributed by atoms with Crippen molar-refractivity contribution in [2.45, 2.75) is 26.9 Å². The Morgan fingerprint density at radius 2 is 1.81 bits per heavy atom. The van der Waals surface area contributed by atoms with Gasteiger partial charge in [-0.15, -0.1) is 0 Å². The summed E-state index contributed by atoms with van der Waals surface area (Å²) in [5.41, 5.74) is 2.37. The summed E-state index contributed by atoms with van der Waals surface area (Å²) in [4.78, 5) is 3.18. The zero-order valence-electron chi connectivity index (χ0n) is 13.6. The molecule has 1 aliphatic rings. The first kappa shape index (κ1) is 16.3. The number of piperazine rings is 1. The number of aliphatic hydroxyl groups excluding tert-OH is 1. The van der Waals surface area contributed by atoms with Gasteiger partial charge in [0.25, 0.3) is 0 Å². The van der Waals surface area contributed by atoms with E-state index in [1.54, 1.807) is 4.90 Å². The molecule has 118 valence electrons. The van der Waals surface area contributed by atoms with Crippen LogP contribution in [0.15, 0.2) is 18.2 Å². The Morgan fingerprint density at radius 1 is 1.14 bits per heavy atom. The highest BCUT2D eigenvalue weighted by Crippen LogP contribution is 2.18. The first-order chi connectivity index (χ1) is 10.1. The molecule has 21 heavy (non-hydrogen) atoms. The minimum Gasteiger partial charge on any atom is -0.490 e. The van der Waals surface area contributed by atoms with Crippen molar-refractivity contribution in [2.75, 3.05) is 45.9 Å². The zero-order chi connectivity index (χ0) is 15.2. The van der Waals surface area contributed by atoms with Crippen molar-refractivity contribution in [2.24, 2.45) is 0 Å². The number of aliphatic hydroxyl groups is 1. The number of hydrogen-bond donors (Lipinski definition) is 3. The van der Waals surface area contributed by atoms with Gasteiger partial charge in [-0.05, 0) is 32.4 Å². The fraction of sp³-hybridized carbons (Fsp3) is 0.647. The number of ether oxygens (including phenoxy) is 1. The molecule has 1 fully saturated rings. The van der Waals surface area contributed by atoms with Crippen molar-refractivity contribution in [3.05, 3.63) is 29.3 Å². The SMILES string of the molecule is CC[NH+]1CC[NH+](CC(O)COc2ccc(C)cc2C)CC1. The van der Waals surface area contributed by atoms with Crippen molar-refractivity contribution < 1.29 is 19.6 Å². The first-order valence-electron chi connectivity index (χ1n) is 8.13. The van der Waals surface area contributed by atoms with Crippen molar-refractivity contribution >= 4 is 0 Å². The van der Waals surface area contributed by atoms with E-state index in [1.807, 2.05) is 19.1 Å². The molecule has 3 N–H and O–H groups in total. The van der Waals surface area contributed by atoms with Gasteiger partial charge in [0, 0.05) is 0 Å². The summed E-state index contributed by atoms with van der Waals surface area (Å²) in [6, 6.07) is 6.15. The van der Waals surface area contributed by atoms with Gasteiger partial charge in [0.15, 0.2) is 0 Å². The second kappa shape index (κ2) is 7.78. The number of likely N-dealkylation sites (N-methyl/N-ethyl adjacent to an activating group) is 1. The predicted molar refractivity (Wildman–Crippen MR) is 84.2 cm³/mol. The minimum atomic E-state index is -0.385. The molecule has 1 unspecified atom stereocenters. The molecule has 4 nitrogen and oxygen atoms in total. The van der Waals surface area contributed by atoms with E-state index >= 15 is 0 Å². The quantitative estimate of drug-likeness (QED) is 0.620. The molecular formula is C17H30N2O2+2. The maximum atomic E-state index is 10.2. The maximum Gasteiger partial charge on any atom is 0.137 e. The monoisotopic (exact) mass is 294 g/mol. The van der Waals surface area contributed by atoms with Gasteiger partial charge in [0.1, 0.15) is 51.2 Å². The fourth-order valence-electron chi connectivity index (χ4n) is 3.05. The molecule has 0 aromatic heterocycles. The number of nitrogens with one attached hydrogen (secondary N) is 2. The zero-order valence-corrected chi connectivity index (χ0v) is 13.6. The van der Waals surface area contributed by atoms with E-state index in [-0.39, 0.29) is 6.10 Å². The second-order valence-electron chi connectivity index (χ2n) is 6.29. The van der Waals surface area contributed by atoms with Crippen molar-refractivity contribution in [3.8, 4) is 5.75 Å². The van der Waals surface area contributed by atoms with Crippen LogP contribution in [0, 0.1) is 13.8 Å². The fourth-order valence-corrected chi connectivity index (χ4v) is 3.05. The summed E-state index contributed by atoms with van der Waals surface area (Å²) >= 11 is 0. The lowest BCUT2D eigenvalue weighted by atomic mass is 10.1. The van der Waals surface area contributed by atoms with Gasteiger partial charge in [0.05, 0.1) is 6.54 Å². The lowest BCUT2D eigenvalue weighted by Gasteiger charge is -2.30. The van der Waals surface area contributed by atoms with Crippen LogP contribution in [-0.2, 0) is 0 Å². The van der Waals surface area contributed by atoms with E-state index in [1.165, 1.54) is 30.1 Å². The topological polar surface area (TPSA) is 38.3 Å². The summed E-state index contributed by atoms with van der Waals surface area (Å²) in [5.74, 6) is 0.884. The summed E-state index contributed by atoms with van der Waals surface area (Å²) in [5, 5.41) is 10.2. The Labute approximate surface area is 128 Å². The number of quaternary nitrogens is 2. The van der Waals surface area contributed by atoms with Gasteiger partial charge in [-0.3, -0.25) is 0 Å². The maximum absolute atomic E-state index is 10.2. The third-order valence-electron chi connectivity index (χ3n) is 4.45. The first-order valence-corrected chi connectivity index (χ1v) is 8.13. The molecule has 1 heterocycles. The summed E-state index contributed by atoms with van der Waals surface area (Å²) in [6.07, 6.45) is -0.385. The van der Waals surface area contributed by atoms with Gasteiger partial charge < -0.3 is 19.6 Å². The molecule has 1 aliphatic heterocycles. The van der Waals surface area contributed by atoms with Gasteiger partial charge in [0.2, 0.25) is 0 Å². The molecule has 1 aromatic carbocycles. The highest BCUT2D eigenvalue weighted by Gasteiger charge is 2.24. The predicted octanol–water partition coefficient (Wildman–Crippen LogP) is -1.15. The van der Waals surface area contributed by atoms with E-state index in [9.17, 15) is 5.11 Å². The summed E-state index contributed by atoms with van der Waals surface area (Å²) in [6.45, 7) is 13.5. The Balaban J connectivity index is 1.73. The largest absolute Gasteiger partial charge is 0.490 e. The van der Waals surface area contributed by atoms with Crippen molar-refractivity contribution in [3.63, 3.8) is 0 Å². The Hall–Kier alpha value is -1.10. The number of aryl methyl sites for hydroxylation is 2. The molecule has 0 bridgehead atoms. The van der Waals surface area contributed by atoms with E-state index < -0.39 is 0 Å². The van der Waals surface area contributed by atoms with Crippen molar-refractivity contribution in [1.82, 2.24) is 0 Å². The van der Waals surface area contributed by atoms with Crippen LogP contribution in [0.1, 0.15) is 18.1 Å². The molecule has 1 atom stereocenters. The number of rotatable bonds is 6. The third-order valence-corrected chi connectivity index (χ3v) is 4.45. The van der Waals surface area contributed by atoms with Crippen LogP contribution in [0.25, 0.3) is 0 Å². The van der Waals surface area contributed by atoms with E-state index in [0.717, 1.165) is 30.9 Å². The van der Waals surface area contributed by atoms with Crippen LogP contribution in [0.2, 0.25) is 0 Å². The van der Waals surface area contributed by atoms with Crippen LogP contribution >= 0.6 is 0 Å². The Bertz CT molecular complexity index is 442. The molecule has 0 aliphatic carbocycles. The third kappa shape index (κ3) is 4.99. The summed E-state index contributed by atoms with van der Waals surface area (Å²) < 4.78 is 5.77. The van der Waals surface area contributed by atoms with Crippen molar-refractivity contribution in [1.29, 1.82) is 0 Å². The molecule has 1 saturated heterocycles. The van der Waals surface area contributed by atoms with Crippen LogP contribution in [0.4, 0.5) is 0 Å². The molecule has 2 rings (SSSR count). The van der Waals surface area contributed by atoms with Crippen LogP contribution in [0.3, 0.4) is 0 Å². The normalized spacial score (nSPS) is 23.8. The average Bonchev–Trinajstić information content (AvgIpc) is 2.47. The highest BCUT2D eigenvalue weighted by molar-refractivity contribution is 5.35. The standard InChI is InChI=1S/C17H28N2O2/c1-4-18-7-9-19(10-8-18)12-16(20)13-21-17-6-5-14(2)11-15(17)3/h5-6,11,16,20H,4,7-10,12-13H2,1-3H3/p+2. The molecular weight excluding hydrogens is 264 g/mol. The van der Waals surface area contributed by atoms with Gasteiger partial charge >= 0.3 is 0 Å². The second-order valence-corrected chi connectivity index (χ2v) is 6.29. The van der Waals surface area contributed by atoms with Gasteiger partial charge in [-0.25, -0.2) is 0 Å². The van der Waals surface area contributed by atoms with E-state index in [0.29, 0.717) is 6.61 Å². The Morgan fingerprint density at radius 3 is 2.43 bits per heavy atom. The molecule has 0 spiro atoms. The smallest absolute Gasteiger partial charge is 0.137 e. The highest BCUT2D eigenvalue weighted by atomic mass is 16.5. The molecule has 0 saturated carbocycles. The van der Waals surface area contributed by atoms with E-state index in [2.05, 4.69) is 19.9 Å². The molecule has 0 amide bonds. The lowest BCUT2D eigenvalue weighted by Crippen LogP contribution is -3.28. The molecule has 4 heteroatoms. The van der Waals surface area contributed by atoms with Crippen LogP contribution < -0.4 is 14.5 Å². The molecule has 0 radical (unpaired) electrons. The summed E-state index contributed by atoms with van der Waals surface area (Å²) in [7, 11) is 0. The van der Waals surface area contributed by atoms with Gasteiger partial charge in [-0.2, -0.15) is 0 Å². The number of benzene rings is 1. The molecule has 1 aromatic rings.